The summed E-state index contributed by atoms with van der Waals surface area (Å²) < 4.78 is 0. The fraction of sp³-hybridized carbons (Fsp3) is 0.825. The normalized spacial score (nSPS) is 16.5. The third-order valence-electron chi connectivity index (χ3n) is 8.96. The second kappa shape index (κ2) is 30.1. The van der Waals surface area contributed by atoms with Gasteiger partial charge in [0.25, 0.3) is 0 Å². The van der Waals surface area contributed by atoms with Gasteiger partial charge >= 0.3 is 41.8 Å². The maximum atomic E-state index is 10.4. The first-order valence-electron chi connectivity index (χ1n) is 19.6. The fourth-order valence-electron chi connectivity index (χ4n) is 2.67. The third kappa shape index (κ3) is 37.5. The molecule has 0 aromatic carbocycles. The van der Waals surface area contributed by atoms with E-state index >= 15 is 0 Å². The predicted octanol–water partition coefficient (Wildman–Crippen LogP) is 2.76. The van der Waals surface area contributed by atoms with Gasteiger partial charge in [0.15, 0.2) is 0 Å². The van der Waals surface area contributed by atoms with Crippen LogP contribution in [0.3, 0.4) is 0 Å². The van der Waals surface area contributed by atoms with Gasteiger partial charge in [-0.15, -0.1) is 0 Å². The van der Waals surface area contributed by atoms with Gasteiger partial charge in [0.2, 0.25) is 0 Å². The Balaban J connectivity index is -0.000000112. The molecule has 0 spiro atoms. The number of carboxylic acid groups (broad SMARTS) is 7. The molecule has 0 aliphatic rings. The van der Waals surface area contributed by atoms with Crippen LogP contribution < -0.4 is 40.1 Å². The van der Waals surface area contributed by atoms with Crippen molar-refractivity contribution < 1.29 is 69.3 Å². The van der Waals surface area contributed by atoms with Crippen molar-refractivity contribution in [1.82, 2.24) is 0 Å². The first-order valence-corrected chi connectivity index (χ1v) is 19.6. The largest absolute Gasteiger partial charge is 0.480 e. The average molecular weight is 890 g/mol. The van der Waals surface area contributed by atoms with Crippen molar-refractivity contribution >= 4 is 41.8 Å². The average Bonchev–Trinajstić information content (AvgIpc) is 3.04. The van der Waals surface area contributed by atoms with Crippen LogP contribution in [0.15, 0.2) is 0 Å². The van der Waals surface area contributed by atoms with Gasteiger partial charge in [-0.05, 0) is 105 Å². The van der Waals surface area contributed by atoms with E-state index in [4.69, 9.17) is 75.9 Å². The van der Waals surface area contributed by atoms with E-state index in [0.717, 1.165) is 0 Å². The first-order chi connectivity index (χ1) is 26.4. The highest BCUT2D eigenvalue weighted by Crippen LogP contribution is 2.15. The first kappa shape index (κ1) is 71.5. The summed E-state index contributed by atoms with van der Waals surface area (Å²) >= 11 is 0. The molecule has 0 unspecified atom stereocenters. The molecule has 0 bridgehead atoms. The summed E-state index contributed by atoms with van der Waals surface area (Å²) in [5.41, 5.74) is 29.9. The molecule has 0 aromatic rings. The van der Waals surface area contributed by atoms with Crippen LogP contribution in [0, 0.1) is 23.7 Å². The van der Waals surface area contributed by atoms with Crippen LogP contribution >= 0.6 is 0 Å². The quantitative estimate of drug-likeness (QED) is 0.112. The Kier molecular flexibility index (Phi) is 35.3. The molecule has 21 nitrogen and oxygen atoms in total. The lowest BCUT2D eigenvalue weighted by Gasteiger charge is -2.22. The van der Waals surface area contributed by atoms with Crippen LogP contribution in [-0.4, -0.2) is 116 Å². The van der Waals surface area contributed by atoms with Crippen molar-refractivity contribution in [2.75, 3.05) is 0 Å². The monoisotopic (exact) mass is 890 g/mol. The molecule has 0 amide bonds. The van der Waals surface area contributed by atoms with E-state index in [0.29, 0.717) is 37.5 Å². The molecule has 0 aliphatic heterocycles. The van der Waals surface area contributed by atoms with E-state index < -0.39 is 80.6 Å². The number of carboxylic acids is 7. The molecule has 0 rings (SSSR count). The summed E-state index contributed by atoms with van der Waals surface area (Å²) in [6, 6.07) is 0. The van der Waals surface area contributed by atoms with Crippen LogP contribution in [0.4, 0.5) is 0 Å². The second-order valence-corrected chi connectivity index (χ2v) is 18.3. The van der Waals surface area contributed by atoms with Gasteiger partial charge in [-0.3, -0.25) is 33.6 Å². The van der Waals surface area contributed by atoms with Gasteiger partial charge in [-0.2, -0.15) is 0 Å². The molecule has 0 fully saturated rings. The van der Waals surface area contributed by atoms with Crippen LogP contribution in [0.25, 0.3) is 0 Å². The highest BCUT2D eigenvalue weighted by atomic mass is 16.4. The SMILES string of the molecule is CC(C)(N)C(=O)O.CC(C)C[C@@](C)(N)C(=O)O.CC(C)C[C@](C)(N)C(=O)O.CC(C)[C@@](C)(N)C(=O)O.CC(C)[C@](C)(N)C(=O)O.CC[C@@](C)(N)C(=O)O.CC[C@](C)(N)C(=O)O. The van der Waals surface area contributed by atoms with E-state index in [1.807, 2.05) is 27.7 Å². The summed E-state index contributed by atoms with van der Waals surface area (Å²) in [4.78, 5) is 71.7. The number of aliphatic carboxylic acids is 7. The Hall–Kier alpha value is -3.99. The van der Waals surface area contributed by atoms with Crippen LogP contribution in [0.1, 0.15) is 150 Å². The van der Waals surface area contributed by atoms with Crippen molar-refractivity contribution in [3.8, 4) is 0 Å². The summed E-state index contributed by atoms with van der Waals surface area (Å²) in [5, 5.41) is 58.9. The number of carbonyl (C=O) groups is 7. The molecule has 61 heavy (non-hydrogen) atoms. The molecule has 6 atom stereocenters. The molecule has 366 valence electrons. The zero-order chi connectivity index (χ0) is 51.7. The molecule has 0 aromatic heterocycles. The van der Waals surface area contributed by atoms with Crippen molar-refractivity contribution in [3.05, 3.63) is 0 Å². The zero-order valence-electron chi connectivity index (χ0n) is 40.2. The summed E-state index contributed by atoms with van der Waals surface area (Å²) in [6.45, 7) is 30.4. The number of rotatable bonds is 15. The van der Waals surface area contributed by atoms with Crippen LogP contribution in [-0.2, 0) is 33.6 Å². The Bertz CT molecular complexity index is 1250. The topological polar surface area (TPSA) is 443 Å². The Morgan fingerprint density at radius 1 is 0.361 bits per heavy atom. The number of nitrogens with two attached hydrogens (primary N) is 7. The van der Waals surface area contributed by atoms with Crippen molar-refractivity contribution in [2.45, 2.75) is 189 Å². The smallest absolute Gasteiger partial charge is 0.323 e. The summed E-state index contributed by atoms with van der Waals surface area (Å²) in [5.74, 6) is -6.04. The Morgan fingerprint density at radius 3 is 0.541 bits per heavy atom. The lowest BCUT2D eigenvalue weighted by Crippen LogP contribution is -2.49. The molecule has 0 aliphatic carbocycles. The Labute approximate surface area is 363 Å². The third-order valence-corrected chi connectivity index (χ3v) is 8.96. The molecule has 21 heteroatoms. The van der Waals surface area contributed by atoms with E-state index in [2.05, 4.69) is 0 Å². The van der Waals surface area contributed by atoms with Gasteiger partial charge in [0.05, 0.1) is 0 Å². The number of hydrogen-bond acceptors (Lipinski definition) is 14. The van der Waals surface area contributed by atoms with Gasteiger partial charge in [-0.1, -0.05) is 69.2 Å². The Morgan fingerprint density at radius 2 is 0.525 bits per heavy atom. The highest BCUT2D eigenvalue weighted by Gasteiger charge is 2.32. The highest BCUT2D eigenvalue weighted by molar-refractivity contribution is 5.80. The van der Waals surface area contributed by atoms with E-state index in [1.165, 1.54) is 55.4 Å². The van der Waals surface area contributed by atoms with Crippen molar-refractivity contribution in [1.29, 1.82) is 0 Å². The van der Waals surface area contributed by atoms with E-state index in [1.54, 1.807) is 41.5 Å². The molecule has 0 saturated heterocycles. The maximum Gasteiger partial charge on any atom is 0.323 e. The molecule has 21 N–H and O–H groups in total. The number of hydrogen-bond donors (Lipinski definition) is 14. The van der Waals surface area contributed by atoms with Gasteiger partial charge in [-0.25, -0.2) is 0 Å². The summed E-state index contributed by atoms with van der Waals surface area (Å²) in [6.07, 6.45) is 1.95. The molecule has 0 radical (unpaired) electrons. The lowest BCUT2D eigenvalue weighted by molar-refractivity contribution is -0.145. The second-order valence-electron chi connectivity index (χ2n) is 18.3. The minimum Gasteiger partial charge on any atom is -0.480 e. The lowest BCUT2D eigenvalue weighted by atomic mass is 9.90. The zero-order valence-corrected chi connectivity index (χ0v) is 40.2. The molecular weight excluding hydrogens is 802 g/mol. The molecular formula is C40H87N7O14. The van der Waals surface area contributed by atoms with Crippen molar-refractivity contribution in [3.63, 3.8) is 0 Å². The standard InChI is InChI=1S/2C7H15NO2.2C6H13NO2.2C5H11NO2.C4H9NO2/c2*1-5(2)4-7(3,8)6(9)10;2*1-4(2)6(3,7)5(8)9;2*1-3-5(2,6)4(7)8;1-4(2,5)3(6)7/h2*5H,4,8H2,1-3H3,(H,9,10);2*4H,7H2,1-3H3,(H,8,9);2*3,6H2,1-2H3,(H,7,8);5H2,1-2H3,(H,6,7)/t2*7-;2*6-;2*5-;/m101010./s1. The minimum absolute atomic E-state index is 0.0324. The van der Waals surface area contributed by atoms with Gasteiger partial charge in [0, 0.05) is 0 Å². The molecule has 0 heterocycles. The molecule has 0 saturated carbocycles. The fourth-order valence-corrected chi connectivity index (χ4v) is 2.67. The van der Waals surface area contributed by atoms with E-state index in [9.17, 15) is 33.6 Å². The minimum atomic E-state index is -1.08. The van der Waals surface area contributed by atoms with Crippen LogP contribution in [0.2, 0.25) is 0 Å². The van der Waals surface area contributed by atoms with Crippen molar-refractivity contribution in [2.24, 2.45) is 63.8 Å². The summed E-state index contributed by atoms with van der Waals surface area (Å²) in [7, 11) is 0. The van der Waals surface area contributed by atoms with Gasteiger partial charge < -0.3 is 75.9 Å². The predicted molar refractivity (Wildman–Crippen MR) is 236 cm³/mol. The van der Waals surface area contributed by atoms with Gasteiger partial charge in [0.1, 0.15) is 38.8 Å². The van der Waals surface area contributed by atoms with E-state index in [-0.39, 0.29) is 11.8 Å². The van der Waals surface area contributed by atoms with Crippen LogP contribution in [0.5, 0.6) is 0 Å². The maximum absolute atomic E-state index is 10.4.